The molecule has 1 aliphatic carbocycles. The van der Waals surface area contributed by atoms with Crippen LogP contribution >= 0.6 is 11.6 Å². The first-order valence-electron chi connectivity index (χ1n) is 9.05. The molecule has 3 rings (SSSR count). The lowest BCUT2D eigenvalue weighted by atomic mass is 9.89. The first-order valence-corrected chi connectivity index (χ1v) is 9.43. The highest BCUT2D eigenvalue weighted by molar-refractivity contribution is 6.31. The summed E-state index contributed by atoms with van der Waals surface area (Å²) in [6, 6.07) is 5.54. The van der Waals surface area contributed by atoms with Crippen molar-refractivity contribution in [2.75, 3.05) is 19.8 Å². The Bertz CT molecular complexity index is 647. The highest BCUT2D eigenvalue weighted by Gasteiger charge is 2.24. The Hall–Kier alpha value is -1.52. The Morgan fingerprint density at radius 2 is 2.08 bits per heavy atom. The molecule has 0 radical (unpaired) electrons. The molecule has 2 aliphatic rings. The van der Waals surface area contributed by atoms with Crippen LogP contribution in [-0.2, 0) is 16.0 Å². The summed E-state index contributed by atoms with van der Waals surface area (Å²) in [7, 11) is 0. The number of carboxylic acid groups (broad SMARTS) is 1. The third-order valence-electron chi connectivity index (χ3n) is 5.14. The lowest BCUT2D eigenvalue weighted by Crippen LogP contribution is -2.18. The summed E-state index contributed by atoms with van der Waals surface area (Å²) in [5, 5.41) is 9.35. The molecular weight excluding hydrogens is 340 g/mol. The Balaban J connectivity index is 1.60. The van der Waals surface area contributed by atoms with Gasteiger partial charge in [0.15, 0.2) is 0 Å². The van der Waals surface area contributed by atoms with E-state index in [0.29, 0.717) is 24.0 Å². The van der Waals surface area contributed by atoms with Crippen LogP contribution in [0.4, 0.5) is 0 Å². The minimum absolute atomic E-state index is 0.0846. The number of aryl methyl sites for hydroxylation is 1. The van der Waals surface area contributed by atoms with E-state index in [4.69, 9.17) is 26.2 Å². The SMILES string of the molecule is O=C(O)CCc1ccc(OCC2=C(C3CCOCC3)CCC2)cc1Cl. The van der Waals surface area contributed by atoms with Crippen molar-refractivity contribution in [3.63, 3.8) is 0 Å². The van der Waals surface area contributed by atoms with Gasteiger partial charge in [-0.1, -0.05) is 23.2 Å². The lowest BCUT2D eigenvalue weighted by Gasteiger charge is -2.24. The topological polar surface area (TPSA) is 55.8 Å². The average molecular weight is 365 g/mol. The first-order chi connectivity index (χ1) is 12.1. The van der Waals surface area contributed by atoms with Gasteiger partial charge in [0, 0.05) is 24.7 Å². The Labute approximate surface area is 153 Å². The van der Waals surface area contributed by atoms with Crippen molar-refractivity contribution in [1.82, 2.24) is 0 Å². The molecule has 0 saturated carbocycles. The number of ether oxygens (including phenoxy) is 2. The highest BCUT2D eigenvalue weighted by atomic mass is 35.5. The quantitative estimate of drug-likeness (QED) is 0.716. The van der Waals surface area contributed by atoms with Crippen LogP contribution in [0.25, 0.3) is 0 Å². The van der Waals surface area contributed by atoms with Gasteiger partial charge in [0.05, 0.1) is 0 Å². The van der Waals surface area contributed by atoms with E-state index in [1.54, 1.807) is 11.6 Å². The van der Waals surface area contributed by atoms with Gasteiger partial charge in [0.1, 0.15) is 12.4 Å². The molecule has 5 heteroatoms. The van der Waals surface area contributed by atoms with Gasteiger partial charge in [-0.2, -0.15) is 0 Å². The van der Waals surface area contributed by atoms with E-state index < -0.39 is 5.97 Å². The number of aliphatic carboxylic acids is 1. The number of benzene rings is 1. The van der Waals surface area contributed by atoms with E-state index in [1.165, 1.54) is 18.4 Å². The minimum atomic E-state index is -0.815. The highest BCUT2D eigenvalue weighted by Crippen LogP contribution is 2.36. The molecular formula is C20H25ClO4. The molecule has 1 aromatic carbocycles. The van der Waals surface area contributed by atoms with Crippen LogP contribution in [0.1, 0.15) is 44.1 Å². The maximum atomic E-state index is 10.7. The normalized spacial score (nSPS) is 18.6. The average Bonchev–Trinajstić information content (AvgIpc) is 3.08. The summed E-state index contributed by atoms with van der Waals surface area (Å²) in [6.45, 7) is 2.36. The smallest absolute Gasteiger partial charge is 0.303 e. The third-order valence-corrected chi connectivity index (χ3v) is 5.49. The second kappa shape index (κ2) is 8.72. The molecule has 0 amide bonds. The van der Waals surface area contributed by atoms with Crippen LogP contribution in [-0.4, -0.2) is 30.9 Å². The van der Waals surface area contributed by atoms with Crippen molar-refractivity contribution >= 4 is 17.6 Å². The molecule has 0 aromatic heterocycles. The molecule has 1 aromatic rings. The van der Waals surface area contributed by atoms with Crippen molar-refractivity contribution in [3.05, 3.63) is 39.9 Å². The van der Waals surface area contributed by atoms with Crippen LogP contribution < -0.4 is 4.74 Å². The molecule has 136 valence electrons. The van der Waals surface area contributed by atoms with Crippen molar-refractivity contribution in [2.45, 2.75) is 44.9 Å². The number of rotatable bonds is 7. The van der Waals surface area contributed by atoms with E-state index in [-0.39, 0.29) is 6.42 Å². The molecule has 1 aliphatic heterocycles. The summed E-state index contributed by atoms with van der Waals surface area (Å²) in [6.07, 6.45) is 6.32. The fraction of sp³-hybridized carbons (Fsp3) is 0.550. The second-order valence-corrected chi connectivity index (χ2v) is 7.21. The van der Waals surface area contributed by atoms with Crippen LogP contribution in [0.3, 0.4) is 0 Å². The molecule has 0 unspecified atom stereocenters. The molecule has 1 heterocycles. The predicted molar refractivity (Wildman–Crippen MR) is 97.3 cm³/mol. The zero-order chi connectivity index (χ0) is 17.6. The lowest BCUT2D eigenvalue weighted by molar-refractivity contribution is -0.136. The van der Waals surface area contributed by atoms with E-state index in [1.807, 2.05) is 12.1 Å². The number of carboxylic acids is 1. The summed E-state index contributed by atoms with van der Waals surface area (Å²) in [4.78, 5) is 10.7. The van der Waals surface area contributed by atoms with Gasteiger partial charge in [0.2, 0.25) is 0 Å². The van der Waals surface area contributed by atoms with Gasteiger partial charge in [0.25, 0.3) is 0 Å². The molecule has 0 bridgehead atoms. The zero-order valence-electron chi connectivity index (χ0n) is 14.4. The van der Waals surface area contributed by atoms with Crippen LogP contribution in [0, 0.1) is 5.92 Å². The molecule has 1 fully saturated rings. The number of carbonyl (C=O) groups is 1. The van der Waals surface area contributed by atoms with Gasteiger partial charge < -0.3 is 14.6 Å². The predicted octanol–water partition coefficient (Wildman–Crippen LogP) is 4.64. The van der Waals surface area contributed by atoms with Gasteiger partial charge in [-0.3, -0.25) is 4.79 Å². The van der Waals surface area contributed by atoms with Gasteiger partial charge in [-0.05, 0) is 67.7 Å². The number of hydrogen-bond acceptors (Lipinski definition) is 3. The van der Waals surface area contributed by atoms with Crippen molar-refractivity contribution in [2.24, 2.45) is 5.92 Å². The van der Waals surface area contributed by atoms with Crippen molar-refractivity contribution in [3.8, 4) is 5.75 Å². The van der Waals surface area contributed by atoms with Gasteiger partial charge in [-0.15, -0.1) is 0 Å². The Morgan fingerprint density at radius 1 is 1.28 bits per heavy atom. The third kappa shape index (κ3) is 4.99. The summed E-state index contributed by atoms with van der Waals surface area (Å²) >= 11 is 6.26. The first kappa shape index (κ1) is 18.3. The molecule has 1 saturated heterocycles. The summed E-state index contributed by atoms with van der Waals surface area (Å²) in [5.74, 6) is 0.594. The number of allylic oxidation sites excluding steroid dienone is 1. The molecule has 1 N–H and O–H groups in total. The monoisotopic (exact) mass is 364 g/mol. The second-order valence-electron chi connectivity index (χ2n) is 6.80. The Kier molecular flexibility index (Phi) is 6.38. The summed E-state index contributed by atoms with van der Waals surface area (Å²) < 4.78 is 11.5. The largest absolute Gasteiger partial charge is 0.489 e. The minimum Gasteiger partial charge on any atom is -0.489 e. The van der Waals surface area contributed by atoms with E-state index in [0.717, 1.165) is 43.8 Å². The van der Waals surface area contributed by atoms with Gasteiger partial charge >= 0.3 is 5.97 Å². The fourth-order valence-electron chi connectivity index (χ4n) is 3.77. The van der Waals surface area contributed by atoms with E-state index in [2.05, 4.69) is 0 Å². The molecule has 0 spiro atoms. The Morgan fingerprint density at radius 3 is 2.80 bits per heavy atom. The fourth-order valence-corrected chi connectivity index (χ4v) is 4.03. The molecule has 4 nitrogen and oxygen atoms in total. The number of hydrogen-bond donors (Lipinski definition) is 1. The van der Waals surface area contributed by atoms with Crippen LogP contribution in [0.15, 0.2) is 29.3 Å². The van der Waals surface area contributed by atoms with Crippen molar-refractivity contribution in [1.29, 1.82) is 0 Å². The zero-order valence-corrected chi connectivity index (χ0v) is 15.2. The van der Waals surface area contributed by atoms with Gasteiger partial charge in [-0.25, -0.2) is 0 Å². The van der Waals surface area contributed by atoms with E-state index in [9.17, 15) is 4.79 Å². The molecule has 0 atom stereocenters. The number of halogens is 1. The maximum Gasteiger partial charge on any atom is 0.303 e. The standard InChI is InChI=1S/C20H25ClO4/c21-19-12-17(6-4-15(19)5-7-20(22)23)25-13-16-2-1-3-18(16)14-8-10-24-11-9-14/h4,6,12,14H,1-3,5,7-11,13H2,(H,22,23). The van der Waals surface area contributed by atoms with Crippen LogP contribution in [0.2, 0.25) is 5.02 Å². The molecule has 25 heavy (non-hydrogen) atoms. The van der Waals surface area contributed by atoms with E-state index >= 15 is 0 Å². The van der Waals surface area contributed by atoms with Crippen molar-refractivity contribution < 1.29 is 19.4 Å². The van der Waals surface area contributed by atoms with Crippen LogP contribution in [0.5, 0.6) is 5.75 Å². The summed E-state index contributed by atoms with van der Waals surface area (Å²) in [5.41, 5.74) is 3.88. The maximum absolute atomic E-state index is 10.7.